The highest BCUT2D eigenvalue weighted by Crippen LogP contribution is 2.22. The van der Waals surface area contributed by atoms with Crippen LogP contribution in [-0.4, -0.2) is 38.6 Å². The molecule has 1 aliphatic heterocycles. The minimum absolute atomic E-state index is 0.0139. The van der Waals surface area contributed by atoms with Crippen molar-refractivity contribution in [3.63, 3.8) is 0 Å². The van der Waals surface area contributed by atoms with E-state index < -0.39 is 5.41 Å². The van der Waals surface area contributed by atoms with Crippen LogP contribution in [0.15, 0.2) is 0 Å². The Balaban J connectivity index is 2.34. The van der Waals surface area contributed by atoms with Gasteiger partial charge in [0.25, 0.3) is 0 Å². The number of carbonyl (C=O) groups excluding carboxylic acids is 2. The third kappa shape index (κ3) is 5.12. The van der Waals surface area contributed by atoms with Gasteiger partial charge in [-0.1, -0.05) is 6.92 Å². The molecule has 116 valence electrons. The highest BCUT2D eigenvalue weighted by atomic mass is 16.5. The molecule has 1 aliphatic rings. The summed E-state index contributed by atoms with van der Waals surface area (Å²) in [7, 11) is 1.37. The molecule has 0 saturated carbocycles. The molecule has 5 nitrogen and oxygen atoms in total. The van der Waals surface area contributed by atoms with Crippen molar-refractivity contribution in [3.05, 3.63) is 0 Å². The van der Waals surface area contributed by atoms with E-state index in [-0.39, 0.29) is 11.9 Å². The number of hydrogen-bond donors (Lipinski definition) is 2. The van der Waals surface area contributed by atoms with Crippen molar-refractivity contribution in [3.8, 4) is 0 Å². The van der Waals surface area contributed by atoms with Crippen LogP contribution in [-0.2, 0) is 14.3 Å². The maximum absolute atomic E-state index is 12.0. The number of hydrogen-bond acceptors (Lipinski definition) is 4. The number of ether oxygens (including phenoxy) is 1. The van der Waals surface area contributed by atoms with Crippen molar-refractivity contribution in [1.29, 1.82) is 0 Å². The molecule has 0 spiro atoms. The van der Waals surface area contributed by atoms with Crippen LogP contribution in [0.4, 0.5) is 0 Å². The third-order valence-electron chi connectivity index (χ3n) is 4.11. The Morgan fingerprint density at radius 2 is 2.15 bits per heavy atom. The summed E-state index contributed by atoms with van der Waals surface area (Å²) in [6.07, 6.45) is 2.89. The zero-order valence-electron chi connectivity index (χ0n) is 13.1. The van der Waals surface area contributed by atoms with E-state index >= 15 is 0 Å². The number of methoxy groups -OCH3 is 1. The van der Waals surface area contributed by atoms with E-state index in [2.05, 4.69) is 17.6 Å². The predicted octanol–water partition coefficient (Wildman–Crippen LogP) is 1.33. The van der Waals surface area contributed by atoms with E-state index in [1.807, 2.05) is 0 Å². The van der Waals surface area contributed by atoms with Gasteiger partial charge in [0.05, 0.1) is 12.5 Å². The van der Waals surface area contributed by atoms with E-state index in [1.54, 1.807) is 13.8 Å². The van der Waals surface area contributed by atoms with Gasteiger partial charge >= 0.3 is 5.97 Å². The molecule has 2 atom stereocenters. The first-order chi connectivity index (χ1) is 9.36. The van der Waals surface area contributed by atoms with Crippen LogP contribution in [0.2, 0.25) is 0 Å². The lowest BCUT2D eigenvalue weighted by molar-refractivity contribution is -0.150. The van der Waals surface area contributed by atoms with Crippen molar-refractivity contribution in [1.82, 2.24) is 10.6 Å². The third-order valence-corrected chi connectivity index (χ3v) is 4.11. The SMILES string of the molecule is COC(=O)C(C)(C)CNC(=O)CC(C)C1CCCNC1. The molecule has 1 rings (SSSR count). The van der Waals surface area contributed by atoms with Crippen molar-refractivity contribution in [2.45, 2.75) is 40.0 Å². The molecular weight excluding hydrogens is 256 g/mol. The van der Waals surface area contributed by atoms with Crippen LogP contribution < -0.4 is 10.6 Å². The van der Waals surface area contributed by atoms with Crippen molar-refractivity contribution >= 4 is 11.9 Å². The lowest BCUT2D eigenvalue weighted by Gasteiger charge is -2.28. The minimum Gasteiger partial charge on any atom is -0.469 e. The largest absolute Gasteiger partial charge is 0.469 e. The zero-order chi connectivity index (χ0) is 15.2. The van der Waals surface area contributed by atoms with Gasteiger partial charge in [-0.15, -0.1) is 0 Å². The van der Waals surface area contributed by atoms with Gasteiger partial charge < -0.3 is 15.4 Å². The fourth-order valence-corrected chi connectivity index (χ4v) is 2.56. The molecule has 0 aliphatic carbocycles. The Labute approximate surface area is 121 Å². The predicted molar refractivity (Wildman–Crippen MR) is 78.2 cm³/mol. The second kappa shape index (κ2) is 7.62. The van der Waals surface area contributed by atoms with Gasteiger partial charge in [0.2, 0.25) is 5.91 Å². The van der Waals surface area contributed by atoms with Crippen LogP contribution in [0.5, 0.6) is 0 Å². The van der Waals surface area contributed by atoms with E-state index in [0.717, 1.165) is 13.1 Å². The summed E-state index contributed by atoms with van der Waals surface area (Å²) >= 11 is 0. The Bertz CT molecular complexity index is 336. The van der Waals surface area contributed by atoms with Crippen LogP contribution in [0.3, 0.4) is 0 Å². The van der Waals surface area contributed by atoms with Gasteiger partial charge in [0, 0.05) is 13.0 Å². The van der Waals surface area contributed by atoms with Gasteiger partial charge in [-0.3, -0.25) is 9.59 Å². The summed E-state index contributed by atoms with van der Waals surface area (Å²) in [4.78, 5) is 23.5. The summed E-state index contributed by atoms with van der Waals surface area (Å²) in [5, 5.41) is 6.22. The maximum atomic E-state index is 12.0. The van der Waals surface area contributed by atoms with E-state index in [1.165, 1.54) is 20.0 Å². The highest BCUT2D eigenvalue weighted by Gasteiger charge is 2.29. The number of rotatable bonds is 6. The van der Waals surface area contributed by atoms with Gasteiger partial charge in [-0.2, -0.15) is 0 Å². The first-order valence-electron chi connectivity index (χ1n) is 7.42. The summed E-state index contributed by atoms with van der Waals surface area (Å²) < 4.78 is 4.73. The smallest absolute Gasteiger partial charge is 0.313 e. The number of nitrogens with one attached hydrogen (secondary N) is 2. The molecular formula is C15H28N2O3. The molecule has 0 aromatic heterocycles. The van der Waals surface area contributed by atoms with Crippen LogP contribution in [0.25, 0.3) is 0 Å². The molecule has 1 saturated heterocycles. The zero-order valence-corrected chi connectivity index (χ0v) is 13.1. The highest BCUT2D eigenvalue weighted by molar-refractivity contribution is 5.79. The van der Waals surface area contributed by atoms with E-state index in [9.17, 15) is 9.59 Å². The fraction of sp³-hybridized carbons (Fsp3) is 0.867. The normalized spacial score (nSPS) is 21.1. The lowest BCUT2D eigenvalue weighted by Crippen LogP contribution is -2.41. The minimum atomic E-state index is -0.681. The first-order valence-corrected chi connectivity index (χ1v) is 7.42. The van der Waals surface area contributed by atoms with Crippen LogP contribution >= 0.6 is 0 Å². The first kappa shape index (κ1) is 17.0. The molecule has 2 N–H and O–H groups in total. The molecule has 2 unspecified atom stereocenters. The molecule has 5 heteroatoms. The van der Waals surface area contributed by atoms with E-state index in [4.69, 9.17) is 4.74 Å². The summed E-state index contributed by atoms with van der Waals surface area (Å²) in [5.74, 6) is 0.648. The van der Waals surface area contributed by atoms with Crippen LogP contribution in [0, 0.1) is 17.3 Å². The van der Waals surface area contributed by atoms with Gasteiger partial charge in [-0.25, -0.2) is 0 Å². The molecule has 1 amide bonds. The van der Waals surface area contributed by atoms with Gasteiger partial charge in [0.1, 0.15) is 0 Å². The van der Waals surface area contributed by atoms with Gasteiger partial charge in [0.15, 0.2) is 0 Å². The monoisotopic (exact) mass is 284 g/mol. The van der Waals surface area contributed by atoms with Crippen molar-refractivity contribution in [2.24, 2.45) is 17.3 Å². The maximum Gasteiger partial charge on any atom is 0.313 e. The van der Waals surface area contributed by atoms with E-state index in [0.29, 0.717) is 24.8 Å². The summed E-state index contributed by atoms with van der Waals surface area (Å²) in [6.45, 7) is 8.07. The van der Waals surface area contributed by atoms with Crippen LogP contribution in [0.1, 0.15) is 40.0 Å². The van der Waals surface area contributed by atoms with Crippen molar-refractivity contribution in [2.75, 3.05) is 26.7 Å². The average Bonchev–Trinajstić information content (AvgIpc) is 2.45. The summed E-state index contributed by atoms with van der Waals surface area (Å²) in [6, 6.07) is 0. The topological polar surface area (TPSA) is 67.4 Å². The Kier molecular flexibility index (Phi) is 6.46. The molecule has 0 radical (unpaired) electrons. The Morgan fingerprint density at radius 1 is 1.45 bits per heavy atom. The molecule has 0 aromatic carbocycles. The lowest BCUT2D eigenvalue weighted by atomic mass is 9.85. The molecule has 20 heavy (non-hydrogen) atoms. The fourth-order valence-electron chi connectivity index (χ4n) is 2.56. The number of carbonyl (C=O) groups is 2. The Hall–Kier alpha value is -1.10. The number of esters is 1. The standard InChI is InChI=1S/C15H28N2O3/c1-11(12-6-5-7-16-9-12)8-13(18)17-10-15(2,3)14(19)20-4/h11-12,16H,5-10H2,1-4H3,(H,17,18). The summed E-state index contributed by atoms with van der Waals surface area (Å²) in [5.41, 5.74) is -0.681. The Morgan fingerprint density at radius 3 is 2.70 bits per heavy atom. The quantitative estimate of drug-likeness (QED) is 0.722. The van der Waals surface area contributed by atoms with Crippen molar-refractivity contribution < 1.29 is 14.3 Å². The second-order valence-electron chi connectivity index (χ2n) is 6.44. The molecule has 1 heterocycles. The average molecular weight is 284 g/mol. The van der Waals surface area contributed by atoms with Gasteiger partial charge in [-0.05, 0) is 51.6 Å². The molecule has 1 fully saturated rings. The number of amides is 1. The molecule has 0 aromatic rings. The second-order valence-corrected chi connectivity index (χ2v) is 6.44. The number of piperidine rings is 1. The molecule has 0 bridgehead atoms.